The van der Waals surface area contributed by atoms with Gasteiger partial charge in [-0.15, -0.1) is 0 Å². The highest BCUT2D eigenvalue weighted by atomic mass is 16.5. The molecule has 1 aliphatic heterocycles. The Labute approximate surface area is 152 Å². The fourth-order valence-corrected chi connectivity index (χ4v) is 2.74. The van der Waals surface area contributed by atoms with Gasteiger partial charge < -0.3 is 20.7 Å². The van der Waals surface area contributed by atoms with Crippen LogP contribution >= 0.6 is 0 Å². The van der Waals surface area contributed by atoms with Gasteiger partial charge in [-0.3, -0.25) is 9.59 Å². The van der Waals surface area contributed by atoms with E-state index in [1.165, 1.54) is 0 Å². The van der Waals surface area contributed by atoms with Gasteiger partial charge in [0, 0.05) is 0 Å². The number of benzene rings is 2. The van der Waals surface area contributed by atoms with E-state index < -0.39 is 6.04 Å². The Morgan fingerprint density at radius 1 is 1.12 bits per heavy atom. The minimum Gasteiger partial charge on any atom is -0.491 e. The van der Waals surface area contributed by atoms with Crippen molar-refractivity contribution in [1.29, 1.82) is 0 Å². The zero-order valence-electron chi connectivity index (χ0n) is 14.7. The van der Waals surface area contributed by atoms with Gasteiger partial charge in [0.1, 0.15) is 11.8 Å². The van der Waals surface area contributed by atoms with Crippen molar-refractivity contribution in [2.75, 3.05) is 22.6 Å². The second-order valence-corrected chi connectivity index (χ2v) is 6.18. The number of hydrogen-bond acceptors (Lipinski definition) is 4. The maximum absolute atomic E-state index is 12.4. The Bertz CT molecular complexity index is 791. The number of rotatable bonds is 7. The number of para-hydroxylation sites is 4. The lowest BCUT2D eigenvalue weighted by molar-refractivity contribution is -0.122. The number of carbonyl (C=O) groups excluding carboxylic acids is 2. The number of amides is 2. The fourth-order valence-electron chi connectivity index (χ4n) is 2.74. The normalized spacial score (nSPS) is 15.4. The van der Waals surface area contributed by atoms with Crippen LogP contribution in [0.25, 0.3) is 0 Å². The summed E-state index contributed by atoms with van der Waals surface area (Å²) >= 11 is 0. The zero-order chi connectivity index (χ0) is 18.4. The van der Waals surface area contributed by atoms with Crippen molar-refractivity contribution in [2.24, 2.45) is 0 Å². The highest BCUT2D eigenvalue weighted by Gasteiger charge is 2.27. The molecule has 2 aromatic rings. The summed E-state index contributed by atoms with van der Waals surface area (Å²) in [7, 11) is 0. The third-order valence-electron chi connectivity index (χ3n) is 4.14. The number of carbonyl (C=O) groups is 2. The molecule has 6 nitrogen and oxygen atoms in total. The van der Waals surface area contributed by atoms with Gasteiger partial charge >= 0.3 is 0 Å². The van der Waals surface area contributed by atoms with Crippen molar-refractivity contribution in [2.45, 2.75) is 32.2 Å². The summed E-state index contributed by atoms with van der Waals surface area (Å²) in [5.41, 5.74) is 2.15. The van der Waals surface area contributed by atoms with Gasteiger partial charge in [-0.1, -0.05) is 37.6 Å². The molecule has 0 bridgehead atoms. The Morgan fingerprint density at radius 3 is 2.65 bits per heavy atom. The molecule has 0 aliphatic carbocycles. The van der Waals surface area contributed by atoms with Gasteiger partial charge in [-0.25, -0.2) is 0 Å². The van der Waals surface area contributed by atoms with Crippen LogP contribution in [-0.2, 0) is 9.59 Å². The summed E-state index contributed by atoms with van der Waals surface area (Å²) in [6, 6.07) is 14.1. The van der Waals surface area contributed by atoms with Gasteiger partial charge in [0.05, 0.1) is 30.1 Å². The smallest absolute Gasteiger partial charge is 0.247 e. The first-order valence-corrected chi connectivity index (χ1v) is 8.85. The van der Waals surface area contributed by atoms with E-state index in [0.717, 1.165) is 24.2 Å². The molecule has 2 amide bonds. The average molecular weight is 353 g/mol. The van der Waals surface area contributed by atoms with Crippen LogP contribution in [0.3, 0.4) is 0 Å². The van der Waals surface area contributed by atoms with Gasteiger partial charge in [-0.05, 0) is 30.7 Å². The summed E-state index contributed by atoms with van der Waals surface area (Å²) in [5, 5.41) is 8.78. The molecular formula is C20H23N3O3. The summed E-state index contributed by atoms with van der Waals surface area (Å²) < 4.78 is 5.73. The molecule has 0 saturated heterocycles. The minimum atomic E-state index is -0.613. The van der Waals surface area contributed by atoms with E-state index in [1.807, 2.05) is 42.5 Å². The fraction of sp³-hybridized carbons (Fsp3) is 0.300. The molecule has 2 aromatic carbocycles. The summed E-state index contributed by atoms with van der Waals surface area (Å²) in [6.45, 7) is 2.70. The van der Waals surface area contributed by atoms with Crippen LogP contribution in [0.4, 0.5) is 17.1 Å². The summed E-state index contributed by atoms with van der Waals surface area (Å²) in [5.74, 6) is 0.176. The van der Waals surface area contributed by atoms with Crippen LogP contribution in [0, 0.1) is 0 Å². The third kappa shape index (κ3) is 4.33. The van der Waals surface area contributed by atoms with Gasteiger partial charge in [0.15, 0.2) is 0 Å². The first-order valence-electron chi connectivity index (χ1n) is 8.85. The first-order chi connectivity index (χ1) is 12.7. The zero-order valence-corrected chi connectivity index (χ0v) is 14.7. The van der Waals surface area contributed by atoms with E-state index in [4.69, 9.17) is 4.74 Å². The van der Waals surface area contributed by atoms with Crippen molar-refractivity contribution in [3.8, 4) is 5.75 Å². The first kappa shape index (κ1) is 17.8. The Hall–Kier alpha value is -3.02. The molecule has 3 N–H and O–H groups in total. The molecule has 6 heteroatoms. The molecule has 0 radical (unpaired) electrons. The van der Waals surface area contributed by atoms with Gasteiger partial charge in [-0.2, -0.15) is 0 Å². The SMILES string of the molecule is CCCCOc1ccccc1NC(=O)C[C@H]1Nc2ccccc2NC1=O. The second-order valence-electron chi connectivity index (χ2n) is 6.18. The molecule has 136 valence electrons. The van der Waals surface area contributed by atoms with Crippen LogP contribution in [0.15, 0.2) is 48.5 Å². The number of fused-ring (bicyclic) bond motifs is 1. The van der Waals surface area contributed by atoms with Crippen LogP contribution < -0.4 is 20.7 Å². The molecule has 0 fully saturated rings. The van der Waals surface area contributed by atoms with E-state index in [2.05, 4.69) is 22.9 Å². The van der Waals surface area contributed by atoms with Crippen LogP contribution in [0.1, 0.15) is 26.2 Å². The van der Waals surface area contributed by atoms with Crippen molar-refractivity contribution >= 4 is 28.9 Å². The molecule has 0 spiro atoms. The maximum Gasteiger partial charge on any atom is 0.247 e. The van der Waals surface area contributed by atoms with E-state index in [0.29, 0.717) is 18.0 Å². The van der Waals surface area contributed by atoms with E-state index >= 15 is 0 Å². The largest absolute Gasteiger partial charge is 0.491 e. The average Bonchev–Trinajstić information content (AvgIpc) is 2.64. The number of ether oxygens (including phenoxy) is 1. The number of hydrogen-bond donors (Lipinski definition) is 3. The minimum absolute atomic E-state index is 0.0312. The molecule has 1 heterocycles. The Kier molecular flexibility index (Phi) is 5.73. The predicted molar refractivity (Wildman–Crippen MR) is 103 cm³/mol. The maximum atomic E-state index is 12.4. The quantitative estimate of drug-likeness (QED) is 0.664. The van der Waals surface area contributed by atoms with Gasteiger partial charge in [0.2, 0.25) is 11.8 Å². The summed E-state index contributed by atoms with van der Waals surface area (Å²) in [4.78, 5) is 24.6. The Morgan fingerprint density at radius 2 is 1.85 bits per heavy atom. The highest BCUT2D eigenvalue weighted by molar-refractivity contribution is 6.06. The van der Waals surface area contributed by atoms with Crippen molar-refractivity contribution < 1.29 is 14.3 Å². The lowest BCUT2D eigenvalue weighted by atomic mass is 10.1. The van der Waals surface area contributed by atoms with Crippen LogP contribution in [0.5, 0.6) is 5.75 Å². The molecule has 1 atom stereocenters. The lowest BCUT2D eigenvalue weighted by Crippen LogP contribution is -2.41. The monoisotopic (exact) mass is 353 g/mol. The predicted octanol–water partition coefficient (Wildman–Crippen LogP) is 3.63. The molecule has 0 aromatic heterocycles. The van der Waals surface area contributed by atoms with Crippen molar-refractivity contribution in [3.63, 3.8) is 0 Å². The highest BCUT2D eigenvalue weighted by Crippen LogP contribution is 2.28. The van der Waals surface area contributed by atoms with Gasteiger partial charge in [0.25, 0.3) is 0 Å². The molecule has 3 rings (SSSR count). The summed E-state index contributed by atoms with van der Waals surface area (Å²) in [6.07, 6.45) is 2.02. The standard InChI is InChI=1S/C20H23N3O3/c1-2-3-12-26-18-11-7-6-10-16(18)22-19(24)13-17-20(25)23-15-9-5-4-8-14(15)21-17/h4-11,17,21H,2-3,12-13H2,1H3,(H,22,24)(H,23,25)/t17-/m1/s1. The molecule has 0 unspecified atom stereocenters. The second kappa shape index (κ2) is 8.38. The number of unbranched alkanes of at least 4 members (excludes halogenated alkanes) is 1. The lowest BCUT2D eigenvalue weighted by Gasteiger charge is -2.26. The van der Waals surface area contributed by atoms with E-state index in [1.54, 1.807) is 6.07 Å². The Balaban J connectivity index is 1.62. The third-order valence-corrected chi connectivity index (χ3v) is 4.14. The number of anilines is 3. The molecule has 26 heavy (non-hydrogen) atoms. The topological polar surface area (TPSA) is 79.5 Å². The molecular weight excluding hydrogens is 330 g/mol. The van der Waals surface area contributed by atoms with Crippen LogP contribution in [0.2, 0.25) is 0 Å². The van der Waals surface area contributed by atoms with E-state index in [9.17, 15) is 9.59 Å². The number of nitrogens with one attached hydrogen (secondary N) is 3. The van der Waals surface area contributed by atoms with Crippen molar-refractivity contribution in [3.05, 3.63) is 48.5 Å². The van der Waals surface area contributed by atoms with Crippen molar-refractivity contribution in [1.82, 2.24) is 0 Å². The molecule has 1 aliphatic rings. The molecule has 0 saturated carbocycles. The van der Waals surface area contributed by atoms with E-state index in [-0.39, 0.29) is 18.2 Å². The van der Waals surface area contributed by atoms with Crippen LogP contribution in [-0.4, -0.2) is 24.5 Å².